The highest BCUT2D eigenvalue weighted by atomic mass is 79.9. The zero-order chi connectivity index (χ0) is 11.5. The monoisotopic (exact) mass is 278 g/mol. The molecule has 1 aliphatic rings. The minimum absolute atomic E-state index is 0.700. The Hall–Kier alpha value is -1.01. The van der Waals surface area contributed by atoms with Crippen LogP contribution in [0.25, 0.3) is 0 Å². The molecule has 1 aromatic carbocycles. The fourth-order valence-corrected chi connectivity index (χ4v) is 2.34. The second-order valence-corrected chi connectivity index (χ2v) is 5.32. The van der Waals surface area contributed by atoms with E-state index in [9.17, 15) is 0 Å². The first-order valence-electron chi connectivity index (χ1n) is 5.65. The van der Waals surface area contributed by atoms with E-state index in [1.54, 1.807) is 0 Å². The van der Waals surface area contributed by atoms with Crippen molar-refractivity contribution in [3.05, 3.63) is 28.2 Å². The molecule has 0 bridgehead atoms. The molecular formula is C13H15BrN2. The Balaban J connectivity index is 2.03. The molecule has 1 unspecified atom stereocenters. The summed E-state index contributed by atoms with van der Waals surface area (Å²) >= 11 is 3.39. The summed E-state index contributed by atoms with van der Waals surface area (Å²) < 4.78 is 0.860. The summed E-state index contributed by atoms with van der Waals surface area (Å²) in [6.07, 6.45) is 2.73. The van der Waals surface area contributed by atoms with Gasteiger partial charge < -0.3 is 5.32 Å². The summed E-state index contributed by atoms with van der Waals surface area (Å²) in [4.78, 5) is 0. The lowest BCUT2D eigenvalue weighted by Gasteiger charge is -2.13. The Kier molecular flexibility index (Phi) is 3.50. The van der Waals surface area contributed by atoms with Gasteiger partial charge in [-0.15, -0.1) is 0 Å². The Labute approximate surface area is 105 Å². The van der Waals surface area contributed by atoms with Gasteiger partial charge in [0.1, 0.15) is 6.07 Å². The maximum Gasteiger partial charge on any atom is 0.103 e. The van der Waals surface area contributed by atoms with Crippen LogP contribution in [-0.4, -0.2) is 6.54 Å². The summed E-state index contributed by atoms with van der Waals surface area (Å²) in [6, 6.07) is 8.03. The van der Waals surface area contributed by atoms with E-state index in [2.05, 4.69) is 34.2 Å². The minimum atomic E-state index is 0.700. The van der Waals surface area contributed by atoms with Crippen LogP contribution in [0.1, 0.15) is 25.3 Å². The third-order valence-electron chi connectivity index (χ3n) is 3.17. The molecule has 1 aliphatic carbocycles. The van der Waals surface area contributed by atoms with Crippen LogP contribution in [0.5, 0.6) is 0 Å². The molecule has 84 valence electrons. The average Bonchev–Trinajstić information content (AvgIpc) is 3.09. The minimum Gasteiger partial charge on any atom is -0.384 e. The molecule has 0 saturated heterocycles. The number of nitrogens with one attached hydrogen (secondary N) is 1. The molecule has 0 aliphatic heterocycles. The summed E-state index contributed by atoms with van der Waals surface area (Å²) in [5, 5.41) is 12.4. The van der Waals surface area contributed by atoms with Crippen molar-refractivity contribution in [2.45, 2.75) is 19.8 Å². The number of halogens is 1. The van der Waals surface area contributed by atoms with Crippen LogP contribution < -0.4 is 5.32 Å². The standard InChI is InChI=1S/C13H15BrN2/c1-9(10-5-6-10)8-16-13-4-2-3-12(14)11(13)7-15/h2-4,9-10,16H,5-6,8H2,1H3. The van der Waals surface area contributed by atoms with E-state index in [0.717, 1.165) is 22.6 Å². The SMILES string of the molecule is CC(CNc1cccc(Br)c1C#N)C1CC1. The second kappa shape index (κ2) is 4.88. The largest absolute Gasteiger partial charge is 0.384 e. The quantitative estimate of drug-likeness (QED) is 0.910. The molecule has 0 heterocycles. The number of benzene rings is 1. The average molecular weight is 279 g/mol. The van der Waals surface area contributed by atoms with Gasteiger partial charge >= 0.3 is 0 Å². The number of nitriles is 1. The Bertz CT molecular complexity index is 418. The van der Waals surface area contributed by atoms with Crippen LogP contribution in [0.4, 0.5) is 5.69 Å². The second-order valence-electron chi connectivity index (χ2n) is 4.47. The van der Waals surface area contributed by atoms with Crippen LogP contribution in [0, 0.1) is 23.2 Å². The first kappa shape index (κ1) is 11.5. The lowest BCUT2D eigenvalue weighted by molar-refractivity contribution is 0.536. The predicted octanol–water partition coefficient (Wildman–Crippen LogP) is 3.78. The van der Waals surface area contributed by atoms with E-state index in [0.29, 0.717) is 11.5 Å². The van der Waals surface area contributed by atoms with Gasteiger partial charge in [0, 0.05) is 11.0 Å². The number of hydrogen-bond donors (Lipinski definition) is 1. The lowest BCUT2D eigenvalue weighted by atomic mass is 10.1. The molecule has 3 heteroatoms. The van der Waals surface area contributed by atoms with Gasteiger partial charge in [-0.3, -0.25) is 0 Å². The van der Waals surface area contributed by atoms with E-state index in [1.165, 1.54) is 12.8 Å². The van der Waals surface area contributed by atoms with Crippen LogP contribution >= 0.6 is 15.9 Å². The molecule has 1 saturated carbocycles. The molecule has 1 N–H and O–H groups in total. The van der Waals surface area contributed by atoms with E-state index >= 15 is 0 Å². The molecule has 2 nitrogen and oxygen atoms in total. The number of nitrogens with zero attached hydrogens (tertiary/aromatic N) is 1. The third-order valence-corrected chi connectivity index (χ3v) is 3.83. The maximum atomic E-state index is 9.07. The van der Waals surface area contributed by atoms with Crippen molar-refractivity contribution in [2.24, 2.45) is 11.8 Å². The highest BCUT2D eigenvalue weighted by Crippen LogP contribution is 2.36. The van der Waals surface area contributed by atoms with Gasteiger partial charge in [-0.1, -0.05) is 13.0 Å². The number of rotatable bonds is 4. The van der Waals surface area contributed by atoms with E-state index in [1.807, 2.05) is 18.2 Å². The highest BCUT2D eigenvalue weighted by Gasteiger charge is 2.27. The van der Waals surface area contributed by atoms with Crippen molar-refractivity contribution in [3.63, 3.8) is 0 Å². The Morgan fingerprint density at radius 2 is 2.31 bits per heavy atom. The maximum absolute atomic E-state index is 9.07. The predicted molar refractivity (Wildman–Crippen MR) is 69.2 cm³/mol. The van der Waals surface area contributed by atoms with Crippen molar-refractivity contribution in [1.82, 2.24) is 0 Å². The Morgan fingerprint density at radius 1 is 1.56 bits per heavy atom. The first-order chi connectivity index (χ1) is 7.72. The van der Waals surface area contributed by atoms with Crippen LogP contribution in [-0.2, 0) is 0 Å². The zero-order valence-electron chi connectivity index (χ0n) is 9.33. The van der Waals surface area contributed by atoms with Gasteiger partial charge in [-0.2, -0.15) is 5.26 Å². The molecule has 0 aromatic heterocycles. The lowest BCUT2D eigenvalue weighted by Crippen LogP contribution is -2.13. The van der Waals surface area contributed by atoms with Crippen molar-refractivity contribution in [2.75, 3.05) is 11.9 Å². The molecule has 0 amide bonds. The normalized spacial score (nSPS) is 16.6. The van der Waals surface area contributed by atoms with Crippen LogP contribution in [0.15, 0.2) is 22.7 Å². The van der Waals surface area contributed by atoms with Gasteiger partial charge in [-0.05, 0) is 52.7 Å². The molecule has 0 spiro atoms. The topological polar surface area (TPSA) is 35.8 Å². The molecule has 0 radical (unpaired) electrons. The molecule has 16 heavy (non-hydrogen) atoms. The zero-order valence-corrected chi connectivity index (χ0v) is 10.9. The molecule has 1 atom stereocenters. The summed E-state index contributed by atoms with van der Waals surface area (Å²) in [7, 11) is 0. The van der Waals surface area contributed by atoms with Crippen LogP contribution in [0.3, 0.4) is 0 Å². The van der Waals surface area contributed by atoms with Gasteiger partial charge in [0.05, 0.1) is 11.3 Å². The first-order valence-corrected chi connectivity index (χ1v) is 6.44. The number of anilines is 1. The molecule has 1 aromatic rings. The fourth-order valence-electron chi connectivity index (χ4n) is 1.89. The van der Waals surface area contributed by atoms with Crippen molar-refractivity contribution in [3.8, 4) is 6.07 Å². The molecular weight excluding hydrogens is 264 g/mol. The highest BCUT2D eigenvalue weighted by molar-refractivity contribution is 9.10. The summed E-state index contributed by atoms with van der Waals surface area (Å²) in [5.41, 5.74) is 1.63. The van der Waals surface area contributed by atoms with Gasteiger partial charge in [0.2, 0.25) is 0 Å². The van der Waals surface area contributed by atoms with E-state index < -0.39 is 0 Å². The van der Waals surface area contributed by atoms with Gasteiger partial charge in [0.15, 0.2) is 0 Å². The van der Waals surface area contributed by atoms with Gasteiger partial charge in [0.25, 0.3) is 0 Å². The van der Waals surface area contributed by atoms with Crippen molar-refractivity contribution >= 4 is 21.6 Å². The van der Waals surface area contributed by atoms with Crippen molar-refractivity contribution < 1.29 is 0 Å². The van der Waals surface area contributed by atoms with Crippen LogP contribution in [0.2, 0.25) is 0 Å². The fraction of sp³-hybridized carbons (Fsp3) is 0.462. The third kappa shape index (κ3) is 2.56. The number of hydrogen-bond acceptors (Lipinski definition) is 2. The van der Waals surface area contributed by atoms with E-state index in [-0.39, 0.29) is 0 Å². The summed E-state index contributed by atoms with van der Waals surface area (Å²) in [5.74, 6) is 1.59. The van der Waals surface area contributed by atoms with E-state index in [4.69, 9.17) is 5.26 Å². The summed E-state index contributed by atoms with van der Waals surface area (Å²) in [6.45, 7) is 3.23. The van der Waals surface area contributed by atoms with Crippen molar-refractivity contribution in [1.29, 1.82) is 5.26 Å². The smallest absolute Gasteiger partial charge is 0.103 e. The van der Waals surface area contributed by atoms with Gasteiger partial charge in [-0.25, -0.2) is 0 Å². The Morgan fingerprint density at radius 3 is 2.94 bits per heavy atom. The molecule has 1 fully saturated rings. The molecule has 2 rings (SSSR count).